The fraction of sp³-hybridized carbons (Fsp3) is 0.0667. The Bertz CT molecular complexity index is 891. The molecule has 0 aliphatic heterocycles. The van der Waals surface area contributed by atoms with Gasteiger partial charge in [0.15, 0.2) is 4.34 Å². The van der Waals surface area contributed by atoms with Gasteiger partial charge >= 0.3 is 5.97 Å². The van der Waals surface area contributed by atoms with Crippen molar-refractivity contribution >= 4 is 50.9 Å². The molecule has 0 saturated carbocycles. The van der Waals surface area contributed by atoms with E-state index in [1.54, 1.807) is 29.2 Å². The van der Waals surface area contributed by atoms with Gasteiger partial charge in [-0.15, -0.1) is 11.3 Å². The Morgan fingerprint density at radius 2 is 2.09 bits per heavy atom. The highest BCUT2D eigenvalue weighted by Gasteiger charge is 2.11. The van der Waals surface area contributed by atoms with Crippen molar-refractivity contribution in [2.24, 2.45) is 0 Å². The van der Waals surface area contributed by atoms with Gasteiger partial charge in [0.1, 0.15) is 5.69 Å². The lowest BCUT2D eigenvalue weighted by Crippen LogP contribution is -2.14. The number of aromatic carboxylic acids is 1. The molecule has 2 heterocycles. The molecule has 8 heteroatoms. The molecule has 3 rings (SSSR count). The first-order chi connectivity index (χ1) is 11.1. The normalized spacial score (nSPS) is 10.7. The molecule has 1 amide bonds. The van der Waals surface area contributed by atoms with E-state index in [2.05, 4.69) is 15.3 Å². The smallest absolute Gasteiger partial charge is 0.337 e. The number of rotatable bonds is 4. The largest absolute Gasteiger partial charge is 0.478 e. The Balaban J connectivity index is 1.80. The molecule has 1 aromatic carbocycles. The maximum atomic E-state index is 12.2. The van der Waals surface area contributed by atoms with Crippen LogP contribution in [0.25, 0.3) is 10.2 Å². The number of thiazole rings is 1. The zero-order chi connectivity index (χ0) is 16.4. The molecule has 0 atom stereocenters. The Morgan fingerprint density at radius 3 is 2.74 bits per heavy atom. The van der Waals surface area contributed by atoms with E-state index in [0.29, 0.717) is 5.69 Å². The fourth-order valence-electron chi connectivity index (χ4n) is 1.92. The van der Waals surface area contributed by atoms with Gasteiger partial charge < -0.3 is 10.4 Å². The minimum absolute atomic E-state index is 0.0391. The number of thioether (sulfide) groups is 1. The molecular formula is C15H11N3O3S2. The Labute approximate surface area is 139 Å². The number of fused-ring (bicyclic) bond motifs is 1. The molecule has 0 aliphatic rings. The lowest BCUT2D eigenvalue weighted by molar-refractivity contribution is 0.0696. The summed E-state index contributed by atoms with van der Waals surface area (Å²) in [5, 5.41) is 11.6. The molecular weight excluding hydrogens is 334 g/mol. The second kappa shape index (κ2) is 6.35. The number of benzene rings is 1. The first-order valence-corrected chi connectivity index (χ1v) is 8.56. The predicted molar refractivity (Wildman–Crippen MR) is 90.6 cm³/mol. The number of amides is 1. The molecule has 2 aromatic heterocycles. The average molecular weight is 345 g/mol. The first-order valence-electron chi connectivity index (χ1n) is 6.52. The van der Waals surface area contributed by atoms with Gasteiger partial charge in [-0.25, -0.2) is 9.78 Å². The molecule has 0 radical (unpaired) electrons. The van der Waals surface area contributed by atoms with Crippen molar-refractivity contribution < 1.29 is 14.7 Å². The van der Waals surface area contributed by atoms with Gasteiger partial charge in [0.05, 0.1) is 15.8 Å². The standard InChI is InChI=1S/C15H11N3O3S2/c1-22-15-18-10-5-3-9(6-12(10)23-15)17-13(19)11-4-2-8(7-16-11)14(20)21/h2-7H,1H3,(H,17,19)(H,20,21). The lowest BCUT2D eigenvalue weighted by Gasteiger charge is -2.04. The van der Waals surface area contributed by atoms with Gasteiger partial charge in [0.2, 0.25) is 0 Å². The van der Waals surface area contributed by atoms with Crippen LogP contribution in [0.2, 0.25) is 0 Å². The van der Waals surface area contributed by atoms with Crippen LogP contribution in [-0.4, -0.2) is 33.2 Å². The molecule has 2 N–H and O–H groups in total. The summed E-state index contributed by atoms with van der Waals surface area (Å²) in [5.74, 6) is -1.47. The number of anilines is 1. The Hall–Kier alpha value is -2.45. The zero-order valence-electron chi connectivity index (χ0n) is 11.9. The van der Waals surface area contributed by atoms with Crippen LogP contribution in [0.1, 0.15) is 20.8 Å². The van der Waals surface area contributed by atoms with Crippen LogP contribution >= 0.6 is 23.1 Å². The summed E-state index contributed by atoms with van der Waals surface area (Å²) in [4.78, 5) is 31.2. The summed E-state index contributed by atoms with van der Waals surface area (Å²) in [6.45, 7) is 0. The molecule has 0 bridgehead atoms. The third kappa shape index (κ3) is 3.33. The van der Waals surface area contributed by atoms with Crippen molar-refractivity contribution in [2.75, 3.05) is 11.6 Å². The summed E-state index contributed by atoms with van der Waals surface area (Å²) < 4.78 is 1.95. The maximum Gasteiger partial charge on any atom is 0.337 e. The van der Waals surface area contributed by atoms with E-state index in [1.807, 2.05) is 18.4 Å². The van der Waals surface area contributed by atoms with Crippen LogP contribution < -0.4 is 5.32 Å². The van der Waals surface area contributed by atoms with Crippen LogP contribution in [0.5, 0.6) is 0 Å². The number of hydrogen-bond acceptors (Lipinski definition) is 6. The van der Waals surface area contributed by atoms with Crippen LogP contribution in [0.15, 0.2) is 40.9 Å². The molecule has 0 unspecified atom stereocenters. The average Bonchev–Trinajstić information content (AvgIpc) is 2.97. The summed E-state index contributed by atoms with van der Waals surface area (Å²) in [6, 6.07) is 8.21. The van der Waals surface area contributed by atoms with E-state index >= 15 is 0 Å². The maximum absolute atomic E-state index is 12.2. The van der Waals surface area contributed by atoms with E-state index in [0.717, 1.165) is 20.8 Å². The SMILES string of the molecule is CSc1nc2ccc(NC(=O)c3ccc(C(=O)O)cn3)cc2s1. The van der Waals surface area contributed by atoms with Crippen molar-refractivity contribution in [1.29, 1.82) is 0 Å². The highest BCUT2D eigenvalue weighted by molar-refractivity contribution is 8.00. The van der Waals surface area contributed by atoms with E-state index in [-0.39, 0.29) is 11.3 Å². The molecule has 0 saturated heterocycles. The number of carbonyl (C=O) groups is 2. The number of hydrogen-bond donors (Lipinski definition) is 2. The van der Waals surface area contributed by atoms with Gasteiger partial charge in [-0.05, 0) is 36.6 Å². The highest BCUT2D eigenvalue weighted by Crippen LogP contribution is 2.30. The second-order valence-corrected chi connectivity index (χ2v) is 6.64. The van der Waals surface area contributed by atoms with Crippen LogP contribution in [0.3, 0.4) is 0 Å². The number of carboxylic acid groups (broad SMARTS) is 1. The molecule has 3 aromatic rings. The summed E-state index contributed by atoms with van der Waals surface area (Å²) in [7, 11) is 0. The second-order valence-electron chi connectivity index (χ2n) is 4.56. The number of nitrogens with zero attached hydrogens (tertiary/aromatic N) is 2. The van der Waals surface area contributed by atoms with Crippen LogP contribution in [0, 0.1) is 0 Å². The monoisotopic (exact) mass is 345 g/mol. The number of carboxylic acids is 1. The van der Waals surface area contributed by atoms with E-state index in [9.17, 15) is 9.59 Å². The molecule has 6 nitrogen and oxygen atoms in total. The number of nitrogens with one attached hydrogen (secondary N) is 1. The molecule has 0 spiro atoms. The van der Waals surface area contributed by atoms with Gasteiger partial charge in [-0.1, -0.05) is 11.8 Å². The summed E-state index contributed by atoms with van der Waals surface area (Å²) in [5.41, 5.74) is 1.73. The number of aromatic nitrogens is 2. The predicted octanol–water partition coefficient (Wildman–Crippen LogP) is 3.36. The third-order valence-corrected chi connectivity index (χ3v) is 5.05. The van der Waals surface area contributed by atoms with Crippen molar-refractivity contribution in [2.45, 2.75) is 4.34 Å². The van der Waals surface area contributed by atoms with Gasteiger partial charge in [-0.2, -0.15) is 0 Å². The fourth-order valence-corrected chi connectivity index (χ4v) is 3.45. The number of pyridine rings is 1. The first kappa shape index (κ1) is 15.4. The minimum atomic E-state index is -1.08. The molecule has 23 heavy (non-hydrogen) atoms. The number of carbonyl (C=O) groups excluding carboxylic acids is 1. The summed E-state index contributed by atoms with van der Waals surface area (Å²) in [6.07, 6.45) is 3.13. The third-order valence-electron chi connectivity index (χ3n) is 3.04. The Kier molecular flexibility index (Phi) is 4.26. The van der Waals surface area contributed by atoms with Crippen molar-refractivity contribution in [3.8, 4) is 0 Å². The molecule has 116 valence electrons. The van der Waals surface area contributed by atoms with Crippen LogP contribution in [-0.2, 0) is 0 Å². The van der Waals surface area contributed by atoms with Crippen LogP contribution in [0.4, 0.5) is 5.69 Å². The van der Waals surface area contributed by atoms with Crippen molar-refractivity contribution in [3.63, 3.8) is 0 Å². The lowest BCUT2D eigenvalue weighted by atomic mass is 10.2. The van der Waals surface area contributed by atoms with E-state index < -0.39 is 11.9 Å². The van der Waals surface area contributed by atoms with Gasteiger partial charge in [0.25, 0.3) is 5.91 Å². The van der Waals surface area contributed by atoms with Crippen molar-refractivity contribution in [1.82, 2.24) is 9.97 Å². The van der Waals surface area contributed by atoms with E-state index in [4.69, 9.17) is 5.11 Å². The highest BCUT2D eigenvalue weighted by atomic mass is 32.2. The zero-order valence-corrected chi connectivity index (χ0v) is 13.6. The minimum Gasteiger partial charge on any atom is -0.478 e. The van der Waals surface area contributed by atoms with E-state index in [1.165, 1.54) is 12.1 Å². The topological polar surface area (TPSA) is 92.2 Å². The summed E-state index contributed by atoms with van der Waals surface area (Å²) >= 11 is 3.14. The van der Waals surface area contributed by atoms with Crippen molar-refractivity contribution in [3.05, 3.63) is 47.8 Å². The molecule has 0 aliphatic carbocycles. The van der Waals surface area contributed by atoms with Gasteiger partial charge in [0, 0.05) is 11.9 Å². The Morgan fingerprint density at radius 1 is 1.26 bits per heavy atom. The quantitative estimate of drug-likeness (QED) is 0.704. The van der Waals surface area contributed by atoms with Gasteiger partial charge in [-0.3, -0.25) is 9.78 Å². The molecule has 0 fully saturated rings.